The van der Waals surface area contributed by atoms with Crippen LogP contribution in [0.1, 0.15) is 29.0 Å². The molecule has 1 aliphatic rings. The van der Waals surface area contributed by atoms with Gasteiger partial charge < -0.3 is 5.11 Å². The molecule has 0 unspecified atom stereocenters. The van der Waals surface area contributed by atoms with Crippen LogP contribution in [0.3, 0.4) is 0 Å². The van der Waals surface area contributed by atoms with Crippen molar-refractivity contribution in [2.24, 2.45) is 0 Å². The molecule has 0 aromatic carbocycles. The lowest BCUT2D eigenvalue weighted by Crippen LogP contribution is -2.11. The molecule has 3 heterocycles. The number of carboxylic acids is 1. The van der Waals surface area contributed by atoms with E-state index in [1.807, 2.05) is 16.8 Å². The van der Waals surface area contributed by atoms with Crippen LogP contribution >= 0.6 is 0 Å². The number of nitrogens with zero attached hydrogens (tertiary/aromatic N) is 3. The first-order chi connectivity index (χ1) is 8.77. The average molecular weight is 243 g/mol. The maximum Gasteiger partial charge on any atom is 0.357 e. The van der Waals surface area contributed by atoms with Crippen molar-refractivity contribution in [3.8, 4) is 11.1 Å². The second-order valence-electron chi connectivity index (χ2n) is 4.39. The number of fused-ring (bicyclic) bond motifs is 1. The summed E-state index contributed by atoms with van der Waals surface area (Å²) < 4.78 is 1.84. The fourth-order valence-corrected chi connectivity index (χ4v) is 2.46. The number of pyridine rings is 1. The molecule has 0 fully saturated rings. The van der Waals surface area contributed by atoms with Gasteiger partial charge in [-0.15, -0.1) is 0 Å². The molecule has 2 aromatic rings. The van der Waals surface area contributed by atoms with E-state index >= 15 is 0 Å². The van der Waals surface area contributed by atoms with Crippen molar-refractivity contribution < 1.29 is 9.90 Å². The van der Waals surface area contributed by atoms with Crippen LogP contribution in [-0.4, -0.2) is 25.8 Å². The van der Waals surface area contributed by atoms with E-state index in [0.717, 1.165) is 42.6 Å². The second kappa shape index (κ2) is 4.25. The van der Waals surface area contributed by atoms with Gasteiger partial charge in [0.25, 0.3) is 0 Å². The first kappa shape index (κ1) is 11.0. The fourth-order valence-electron chi connectivity index (χ4n) is 2.46. The minimum atomic E-state index is -0.969. The minimum absolute atomic E-state index is 0.151. The normalized spacial score (nSPS) is 14.2. The molecule has 0 saturated heterocycles. The SMILES string of the molecule is O=C(O)c1nn2c(c1-c1ccncc1)CCCC2. The van der Waals surface area contributed by atoms with Crippen LogP contribution in [0.25, 0.3) is 11.1 Å². The van der Waals surface area contributed by atoms with Gasteiger partial charge in [-0.25, -0.2) is 4.79 Å². The smallest absolute Gasteiger partial charge is 0.357 e. The number of rotatable bonds is 2. The Balaban J connectivity index is 2.23. The van der Waals surface area contributed by atoms with Crippen LogP contribution in [0.15, 0.2) is 24.5 Å². The zero-order chi connectivity index (χ0) is 12.5. The van der Waals surface area contributed by atoms with Gasteiger partial charge in [-0.05, 0) is 37.0 Å². The molecule has 0 spiro atoms. The van der Waals surface area contributed by atoms with Crippen LogP contribution in [0, 0.1) is 0 Å². The number of carbonyl (C=O) groups is 1. The Morgan fingerprint density at radius 2 is 2.06 bits per heavy atom. The number of aromatic carboxylic acids is 1. The Labute approximate surface area is 104 Å². The van der Waals surface area contributed by atoms with E-state index in [4.69, 9.17) is 0 Å². The zero-order valence-corrected chi connectivity index (χ0v) is 9.83. The van der Waals surface area contributed by atoms with E-state index in [2.05, 4.69) is 10.1 Å². The molecule has 0 saturated carbocycles. The van der Waals surface area contributed by atoms with Gasteiger partial charge in [-0.1, -0.05) is 0 Å². The van der Waals surface area contributed by atoms with Crippen LogP contribution in [0.2, 0.25) is 0 Å². The molecule has 5 heteroatoms. The van der Waals surface area contributed by atoms with Crippen molar-refractivity contribution in [3.63, 3.8) is 0 Å². The molecule has 0 radical (unpaired) electrons. The summed E-state index contributed by atoms with van der Waals surface area (Å²) >= 11 is 0. The van der Waals surface area contributed by atoms with Gasteiger partial charge in [0.1, 0.15) is 0 Å². The summed E-state index contributed by atoms with van der Waals surface area (Å²) in [6, 6.07) is 3.66. The molecule has 92 valence electrons. The number of aromatic nitrogens is 3. The van der Waals surface area contributed by atoms with Crippen molar-refractivity contribution in [1.82, 2.24) is 14.8 Å². The van der Waals surface area contributed by atoms with Gasteiger partial charge in [0.05, 0.1) is 0 Å². The molecule has 3 rings (SSSR count). The number of carboxylic acid groups (broad SMARTS) is 1. The van der Waals surface area contributed by atoms with E-state index in [1.54, 1.807) is 12.4 Å². The Morgan fingerprint density at radius 1 is 1.28 bits per heavy atom. The third-order valence-electron chi connectivity index (χ3n) is 3.26. The molecule has 0 atom stereocenters. The van der Waals surface area contributed by atoms with Crippen LogP contribution < -0.4 is 0 Å². The van der Waals surface area contributed by atoms with Crippen LogP contribution in [-0.2, 0) is 13.0 Å². The molecule has 0 amide bonds. The second-order valence-corrected chi connectivity index (χ2v) is 4.39. The third kappa shape index (κ3) is 1.68. The quantitative estimate of drug-likeness (QED) is 0.875. The lowest BCUT2D eigenvalue weighted by molar-refractivity contribution is 0.0690. The Kier molecular flexibility index (Phi) is 2.59. The zero-order valence-electron chi connectivity index (χ0n) is 9.83. The van der Waals surface area contributed by atoms with E-state index in [-0.39, 0.29) is 5.69 Å². The van der Waals surface area contributed by atoms with Gasteiger partial charge in [-0.2, -0.15) is 5.10 Å². The monoisotopic (exact) mass is 243 g/mol. The summed E-state index contributed by atoms with van der Waals surface area (Å²) in [5, 5.41) is 13.5. The average Bonchev–Trinajstić information content (AvgIpc) is 2.79. The van der Waals surface area contributed by atoms with Gasteiger partial charge in [-0.3, -0.25) is 9.67 Å². The van der Waals surface area contributed by atoms with Crippen molar-refractivity contribution >= 4 is 5.97 Å². The van der Waals surface area contributed by atoms with Gasteiger partial charge in [0.2, 0.25) is 0 Å². The minimum Gasteiger partial charge on any atom is -0.476 e. The van der Waals surface area contributed by atoms with Crippen LogP contribution in [0.5, 0.6) is 0 Å². The highest BCUT2D eigenvalue weighted by Gasteiger charge is 2.24. The van der Waals surface area contributed by atoms with E-state index < -0.39 is 5.97 Å². The van der Waals surface area contributed by atoms with Crippen molar-refractivity contribution in [1.29, 1.82) is 0 Å². The predicted octanol–water partition coefficient (Wildman–Crippen LogP) is 1.98. The van der Waals surface area contributed by atoms with Gasteiger partial charge in [0, 0.05) is 30.2 Å². The van der Waals surface area contributed by atoms with Crippen LogP contribution in [0.4, 0.5) is 0 Å². The summed E-state index contributed by atoms with van der Waals surface area (Å²) in [6.45, 7) is 0.806. The number of hydrogen-bond acceptors (Lipinski definition) is 3. The summed E-state index contributed by atoms with van der Waals surface area (Å²) in [4.78, 5) is 15.3. The Morgan fingerprint density at radius 3 is 2.78 bits per heavy atom. The first-order valence-electron chi connectivity index (χ1n) is 6.01. The molecule has 2 aromatic heterocycles. The highest BCUT2D eigenvalue weighted by molar-refractivity contribution is 5.94. The van der Waals surface area contributed by atoms with Crippen molar-refractivity contribution in [2.45, 2.75) is 25.8 Å². The summed E-state index contributed by atoms with van der Waals surface area (Å²) in [5.74, 6) is -0.969. The van der Waals surface area contributed by atoms with Crippen molar-refractivity contribution in [3.05, 3.63) is 35.9 Å². The standard InChI is InChI=1S/C13H13N3O2/c17-13(18)12-11(9-4-6-14-7-5-9)10-3-1-2-8-16(10)15-12/h4-7H,1-3,8H2,(H,17,18). The van der Waals surface area contributed by atoms with E-state index in [0.29, 0.717) is 0 Å². The molecule has 0 bridgehead atoms. The Bertz CT molecular complexity index is 590. The topological polar surface area (TPSA) is 68.0 Å². The molecular weight excluding hydrogens is 230 g/mol. The van der Waals surface area contributed by atoms with Gasteiger partial charge in [0.15, 0.2) is 5.69 Å². The molecule has 1 aliphatic heterocycles. The highest BCUT2D eigenvalue weighted by atomic mass is 16.4. The number of hydrogen-bond donors (Lipinski definition) is 1. The highest BCUT2D eigenvalue weighted by Crippen LogP contribution is 2.30. The van der Waals surface area contributed by atoms with Gasteiger partial charge >= 0.3 is 5.97 Å². The largest absolute Gasteiger partial charge is 0.476 e. The maximum atomic E-state index is 11.3. The predicted molar refractivity (Wildman–Crippen MR) is 65.4 cm³/mol. The molecule has 1 N–H and O–H groups in total. The summed E-state index contributed by atoms with van der Waals surface area (Å²) in [5.41, 5.74) is 2.82. The molecular formula is C13H13N3O2. The first-order valence-corrected chi connectivity index (χ1v) is 6.01. The lowest BCUT2D eigenvalue weighted by atomic mass is 9.99. The Hall–Kier alpha value is -2.17. The summed E-state index contributed by atoms with van der Waals surface area (Å²) in [7, 11) is 0. The van der Waals surface area contributed by atoms with E-state index in [1.165, 1.54) is 0 Å². The lowest BCUT2D eigenvalue weighted by Gasteiger charge is -2.14. The fraction of sp³-hybridized carbons (Fsp3) is 0.308. The molecule has 5 nitrogen and oxygen atoms in total. The number of aryl methyl sites for hydroxylation is 1. The van der Waals surface area contributed by atoms with E-state index in [9.17, 15) is 9.90 Å². The maximum absolute atomic E-state index is 11.3. The third-order valence-corrected chi connectivity index (χ3v) is 3.26. The molecule has 0 aliphatic carbocycles. The molecule has 18 heavy (non-hydrogen) atoms. The summed E-state index contributed by atoms with van der Waals surface area (Å²) in [6.07, 6.45) is 6.38. The van der Waals surface area contributed by atoms with Crippen molar-refractivity contribution in [2.75, 3.05) is 0 Å².